The second-order valence-corrected chi connectivity index (χ2v) is 9.27. The van der Waals surface area contributed by atoms with Gasteiger partial charge in [-0.3, -0.25) is 9.59 Å². The number of oxazole rings is 1. The molecular formula is C27H26N4O4S. The van der Waals surface area contributed by atoms with Crippen LogP contribution in [0.25, 0.3) is 11.1 Å². The second kappa shape index (κ2) is 10.7. The van der Waals surface area contributed by atoms with Gasteiger partial charge in [0.2, 0.25) is 5.91 Å². The Labute approximate surface area is 213 Å². The van der Waals surface area contributed by atoms with Gasteiger partial charge in [0, 0.05) is 43.1 Å². The largest absolute Gasteiger partial charge is 0.497 e. The summed E-state index contributed by atoms with van der Waals surface area (Å²) in [7, 11) is 1.61. The lowest BCUT2D eigenvalue weighted by molar-refractivity contribution is -0.113. The number of aromatic nitrogens is 1. The Balaban J connectivity index is 1.10. The molecule has 0 atom stereocenters. The molecule has 1 fully saturated rings. The molecule has 0 radical (unpaired) electrons. The summed E-state index contributed by atoms with van der Waals surface area (Å²) >= 11 is 1.27. The highest BCUT2D eigenvalue weighted by atomic mass is 32.2. The standard InChI is InChI=1S/C27H26N4O4S/c1-34-22-12-6-19(7-13-22)26(33)31-16-14-30(15-17-31)21-10-8-20(9-11-21)28-25(32)18-36-27-29-23-4-2-3-5-24(23)35-27/h2-13H,14-18H2,1H3,(H,28,32). The van der Waals surface area contributed by atoms with Gasteiger partial charge in [-0.1, -0.05) is 23.9 Å². The quantitative estimate of drug-likeness (QED) is 0.372. The number of thioether (sulfide) groups is 1. The minimum atomic E-state index is -0.124. The maximum atomic E-state index is 12.8. The number of para-hydroxylation sites is 2. The van der Waals surface area contributed by atoms with Crippen molar-refractivity contribution in [2.75, 3.05) is 49.3 Å². The molecule has 1 aromatic heterocycles. The molecular weight excluding hydrogens is 476 g/mol. The number of rotatable bonds is 7. The van der Waals surface area contributed by atoms with Gasteiger partial charge < -0.3 is 24.3 Å². The molecule has 0 aliphatic carbocycles. The number of benzene rings is 3. The molecule has 4 aromatic rings. The lowest BCUT2D eigenvalue weighted by Gasteiger charge is -2.36. The number of nitrogens with zero attached hydrogens (tertiary/aromatic N) is 3. The summed E-state index contributed by atoms with van der Waals surface area (Å²) in [6.45, 7) is 2.79. The zero-order chi connectivity index (χ0) is 24.9. The fourth-order valence-corrected chi connectivity index (χ4v) is 4.71. The highest BCUT2D eigenvalue weighted by Gasteiger charge is 2.22. The van der Waals surface area contributed by atoms with Gasteiger partial charge in [-0.25, -0.2) is 4.98 Å². The van der Waals surface area contributed by atoms with E-state index >= 15 is 0 Å². The maximum Gasteiger partial charge on any atom is 0.257 e. The molecule has 3 aromatic carbocycles. The van der Waals surface area contributed by atoms with Gasteiger partial charge in [-0.15, -0.1) is 0 Å². The van der Waals surface area contributed by atoms with E-state index in [1.807, 2.05) is 53.4 Å². The van der Waals surface area contributed by atoms with Crippen LogP contribution in [0.4, 0.5) is 11.4 Å². The van der Waals surface area contributed by atoms with Crippen molar-refractivity contribution < 1.29 is 18.7 Å². The van der Waals surface area contributed by atoms with E-state index in [1.165, 1.54) is 11.8 Å². The Morgan fingerprint density at radius 1 is 0.972 bits per heavy atom. The molecule has 0 saturated carbocycles. The minimum Gasteiger partial charge on any atom is -0.497 e. The molecule has 0 spiro atoms. The number of ether oxygens (including phenoxy) is 1. The average Bonchev–Trinajstić information content (AvgIpc) is 3.35. The normalized spacial score (nSPS) is 13.6. The summed E-state index contributed by atoms with van der Waals surface area (Å²) in [6.07, 6.45) is 0. The SMILES string of the molecule is COc1ccc(C(=O)N2CCN(c3ccc(NC(=O)CSc4nc5ccccc5o4)cc3)CC2)cc1. The van der Waals surface area contributed by atoms with Crippen LogP contribution in [-0.2, 0) is 4.79 Å². The van der Waals surface area contributed by atoms with Crippen molar-refractivity contribution in [3.63, 3.8) is 0 Å². The first kappa shape index (κ1) is 23.7. The Bertz CT molecular complexity index is 1310. The summed E-state index contributed by atoms with van der Waals surface area (Å²) in [6, 6.07) is 22.5. The topological polar surface area (TPSA) is 87.9 Å². The molecule has 1 aliphatic rings. The number of carbonyl (C=O) groups excluding carboxylic acids is 2. The molecule has 1 N–H and O–H groups in total. The van der Waals surface area contributed by atoms with Crippen LogP contribution in [-0.4, -0.2) is 60.7 Å². The average molecular weight is 503 g/mol. The first-order valence-electron chi connectivity index (χ1n) is 11.7. The van der Waals surface area contributed by atoms with Crippen LogP contribution in [0.2, 0.25) is 0 Å². The zero-order valence-electron chi connectivity index (χ0n) is 19.8. The zero-order valence-corrected chi connectivity index (χ0v) is 20.7. The van der Waals surface area contributed by atoms with E-state index in [9.17, 15) is 9.59 Å². The van der Waals surface area contributed by atoms with Gasteiger partial charge in [0.15, 0.2) is 5.58 Å². The van der Waals surface area contributed by atoms with Gasteiger partial charge in [0.25, 0.3) is 11.1 Å². The van der Waals surface area contributed by atoms with Crippen LogP contribution in [0.1, 0.15) is 10.4 Å². The fourth-order valence-electron chi connectivity index (χ4n) is 4.08. The van der Waals surface area contributed by atoms with Gasteiger partial charge in [-0.05, 0) is 60.7 Å². The third-order valence-corrected chi connectivity index (χ3v) is 6.85. The summed E-state index contributed by atoms with van der Waals surface area (Å²) in [4.78, 5) is 33.7. The van der Waals surface area contributed by atoms with Crippen molar-refractivity contribution >= 4 is 46.1 Å². The van der Waals surface area contributed by atoms with E-state index in [0.29, 0.717) is 29.5 Å². The maximum absolute atomic E-state index is 12.8. The molecule has 0 bridgehead atoms. The monoisotopic (exact) mass is 502 g/mol. The molecule has 8 nitrogen and oxygen atoms in total. The Morgan fingerprint density at radius 2 is 1.69 bits per heavy atom. The Kier molecular flexibility index (Phi) is 7.08. The summed E-state index contributed by atoms with van der Waals surface area (Å²) in [5.74, 6) is 0.850. The fraction of sp³-hybridized carbons (Fsp3) is 0.222. The number of hydrogen-bond acceptors (Lipinski definition) is 7. The first-order valence-corrected chi connectivity index (χ1v) is 12.6. The third-order valence-electron chi connectivity index (χ3n) is 6.02. The summed E-state index contributed by atoms with van der Waals surface area (Å²) < 4.78 is 10.8. The molecule has 5 rings (SSSR count). The molecule has 36 heavy (non-hydrogen) atoms. The van der Waals surface area contributed by atoms with Crippen molar-refractivity contribution in [3.8, 4) is 5.75 Å². The predicted octanol–water partition coefficient (Wildman–Crippen LogP) is 4.53. The molecule has 9 heteroatoms. The second-order valence-electron chi connectivity index (χ2n) is 8.34. The van der Waals surface area contributed by atoms with E-state index in [4.69, 9.17) is 9.15 Å². The molecule has 184 valence electrons. The number of hydrogen-bond donors (Lipinski definition) is 1. The number of anilines is 2. The third kappa shape index (κ3) is 5.46. The summed E-state index contributed by atoms with van der Waals surface area (Å²) in [5.41, 5.74) is 3.95. The molecule has 1 aliphatic heterocycles. The van der Waals surface area contributed by atoms with Gasteiger partial charge in [0.1, 0.15) is 11.3 Å². The van der Waals surface area contributed by atoms with Crippen molar-refractivity contribution in [2.24, 2.45) is 0 Å². The van der Waals surface area contributed by atoms with E-state index in [-0.39, 0.29) is 17.6 Å². The van der Waals surface area contributed by atoms with Crippen LogP contribution in [0.5, 0.6) is 5.75 Å². The Hall–Kier alpha value is -3.98. The van der Waals surface area contributed by atoms with E-state index in [1.54, 1.807) is 31.4 Å². The van der Waals surface area contributed by atoms with Crippen LogP contribution >= 0.6 is 11.8 Å². The van der Waals surface area contributed by atoms with Crippen molar-refractivity contribution in [1.82, 2.24) is 9.88 Å². The number of carbonyl (C=O) groups is 2. The number of piperazine rings is 1. The molecule has 2 heterocycles. The van der Waals surface area contributed by atoms with Gasteiger partial charge in [-0.2, -0.15) is 0 Å². The molecule has 0 unspecified atom stereocenters. The smallest absolute Gasteiger partial charge is 0.257 e. The predicted molar refractivity (Wildman–Crippen MR) is 141 cm³/mol. The van der Waals surface area contributed by atoms with Gasteiger partial charge in [0.05, 0.1) is 12.9 Å². The first-order chi connectivity index (χ1) is 17.6. The van der Waals surface area contributed by atoms with Crippen LogP contribution < -0.4 is 15.0 Å². The van der Waals surface area contributed by atoms with E-state index in [0.717, 1.165) is 35.7 Å². The minimum absolute atomic E-state index is 0.0334. The summed E-state index contributed by atoms with van der Waals surface area (Å²) in [5, 5.41) is 3.39. The lowest BCUT2D eigenvalue weighted by atomic mass is 10.1. The van der Waals surface area contributed by atoms with Gasteiger partial charge >= 0.3 is 0 Å². The van der Waals surface area contributed by atoms with Crippen molar-refractivity contribution in [1.29, 1.82) is 0 Å². The highest BCUT2D eigenvalue weighted by molar-refractivity contribution is 7.99. The molecule has 2 amide bonds. The number of fused-ring (bicyclic) bond motifs is 1. The number of methoxy groups -OCH3 is 1. The molecule has 1 saturated heterocycles. The number of amides is 2. The van der Waals surface area contributed by atoms with E-state index in [2.05, 4.69) is 15.2 Å². The number of nitrogens with one attached hydrogen (secondary N) is 1. The van der Waals surface area contributed by atoms with Crippen molar-refractivity contribution in [2.45, 2.75) is 5.22 Å². The highest BCUT2D eigenvalue weighted by Crippen LogP contribution is 2.24. The van der Waals surface area contributed by atoms with Crippen molar-refractivity contribution in [3.05, 3.63) is 78.4 Å². The van der Waals surface area contributed by atoms with E-state index < -0.39 is 0 Å². The van der Waals surface area contributed by atoms with Crippen LogP contribution in [0.3, 0.4) is 0 Å². The Morgan fingerprint density at radius 3 is 2.39 bits per heavy atom. The van der Waals surface area contributed by atoms with Crippen LogP contribution in [0.15, 0.2) is 82.4 Å². The lowest BCUT2D eigenvalue weighted by Crippen LogP contribution is -2.48. The van der Waals surface area contributed by atoms with Crippen LogP contribution in [0, 0.1) is 0 Å².